The van der Waals surface area contributed by atoms with Gasteiger partial charge in [-0.1, -0.05) is 56.2 Å². The van der Waals surface area contributed by atoms with Crippen molar-refractivity contribution in [3.05, 3.63) is 59.7 Å². The molecule has 1 heterocycles. The van der Waals surface area contributed by atoms with Crippen LogP contribution >= 0.6 is 0 Å². The second-order valence-electron chi connectivity index (χ2n) is 6.40. The molecule has 1 aromatic carbocycles. The Balaban J connectivity index is 1.87. The SMILES string of the molecule is CCCC/C=C/C=C\[C@H]1CCC(=O)N1CCc1ccc(C(=O)O)cc1. The van der Waals surface area contributed by atoms with Gasteiger partial charge in [0, 0.05) is 13.0 Å². The van der Waals surface area contributed by atoms with E-state index in [0.29, 0.717) is 13.0 Å². The van der Waals surface area contributed by atoms with E-state index in [9.17, 15) is 9.59 Å². The lowest BCUT2D eigenvalue weighted by Gasteiger charge is -2.22. The predicted molar refractivity (Wildman–Crippen MR) is 99.6 cm³/mol. The first-order valence-corrected chi connectivity index (χ1v) is 9.07. The smallest absolute Gasteiger partial charge is 0.335 e. The van der Waals surface area contributed by atoms with Crippen molar-refractivity contribution in [2.45, 2.75) is 51.5 Å². The van der Waals surface area contributed by atoms with Crippen LogP contribution in [-0.4, -0.2) is 34.5 Å². The van der Waals surface area contributed by atoms with Crippen LogP contribution in [0.5, 0.6) is 0 Å². The number of likely N-dealkylation sites (tertiary alicyclic amines) is 1. The number of rotatable bonds is 9. The van der Waals surface area contributed by atoms with Gasteiger partial charge in [-0.05, 0) is 37.0 Å². The van der Waals surface area contributed by atoms with E-state index in [4.69, 9.17) is 5.11 Å². The van der Waals surface area contributed by atoms with Crippen molar-refractivity contribution in [3.63, 3.8) is 0 Å². The lowest BCUT2D eigenvalue weighted by atomic mass is 10.1. The Morgan fingerprint density at radius 3 is 2.72 bits per heavy atom. The predicted octanol–water partition coefficient (Wildman–Crippen LogP) is 4.22. The van der Waals surface area contributed by atoms with Crippen LogP contribution in [0.1, 0.15) is 54.9 Å². The molecule has 1 atom stereocenters. The molecular formula is C21H27NO3. The number of amides is 1. The van der Waals surface area contributed by atoms with Gasteiger partial charge in [0.2, 0.25) is 5.91 Å². The highest BCUT2D eigenvalue weighted by molar-refractivity contribution is 5.87. The molecule has 4 nitrogen and oxygen atoms in total. The van der Waals surface area contributed by atoms with Gasteiger partial charge >= 0.3 is 5.97 Å². The Kier molecular flexibility index (Phi) is 7.45. The summed E-state index contributed by atoms with van der Waals surface area (Å²) in [5.41, 5.74) is 1.34. The number of nitrogens with zero attached hydrogens (tertiary/aromatic N) is 1. The Hall–Kier alpha value is -2.36. The normalized spacial score (nSPS) is 17.9. The Morgan fingerprint density at radius 1 is 1.28 bits per heavy atom. The van der Waals surface area contributed by atoms with Gasteiger partial charge in [-0.25, -0.2) is 4.79 Å². The highest BCUT2D eigenvalue weighted by atomic mass is 16.4. The molecule has 134 valence electrons. The fraction of sp³-hybridized carbons (Fsp3) is 0.429. The molecule has 0 saturated carbocycles. The molecule has 1 aliphatic heterocycles. The minimum Gasteiger partial charge on any atom is -0.478 e. The van der Waals surface area contributed by atoms with Crippen LogP contribution in [-0.2, 0) is 11.2 Å². The molecular weight excluding hydrogens is 314 g/mol. The monoisotopic (exact) mass is 341 g/mol. The fourth-order valence-corrected chi connectivity index (χ4v) is 3.00. The summed E-state index contributed by atoms with van der Waals surface area (Å²) in [6.07, 6.45) is 14.1. The molecule has 25 heavy (non-hydrogen) atoms. The van der Waals surface area contributed by atoms with Crippen molar-refractivity contribution in [2.24, 2.45) is 0 Å². The Morgan fingerprint density at radius 2 is 2.04 bits per heavy atom. The zero-order chi connectivity index (χ0) is 18.1. The van der Waals surface area contributed by atoms with Crippen molar-refractivity contribution in [3.8, 4) is 0 Å². The van der Waals surface area contributed by atoms with Crippen molar-refractivity contribution in [2.75, 3.05) is 6.54 Å². The van der Waals surface area contributed by atoms with Crippen LogP contribution in [0.4, 0.5) is 0 Å². The van der Waals surface area contributed by atoms with E-state index >= 15 is 0 Å². The summed E-state index contributed by atoms with van der Waals surface area (Å²) in [4.78, 5) is 24.9. The summed E-state index contributed by atoms with van der Waals surface area (Å²) in [6.45, 7) is 2.85. The number of carbonyl (C=O) groups is 2. The van der Waals surface area contributed by atoms with Gasteiger partial charge in [0.15, 0.2) is 0 Å². The largest absolute Gasteiger partial charge is 0.478 e. The molecule has 1 saturated heterocycles. The van der Waals surface area contributed by atoms with Gasteiger partial charge in [-0.2, -0.15) is 0 Å². The average molecular weight is 341 g/mol. The third-order valence-corrected chi connectivity index (χ3v) is 4.52. The van der Waals surface area contributed by atoms with Gasteiger partial charge in [0.05, 0.1) is 11.6 Å². The molecule has 1 fully saturated rings. The quantitative estimate of drug-likeness (QED) is 0.540. The van der Waals surface area contributed by atoms with E-state index in [0.717, 1.165) is 24.8 Å². The van der Waals surface area contributed by atoms with E-state index in [1.54, 1.807) is 12.1 Å². The zero-order valence-electron chi connectivity index (χ0n) is 14.9. The second kappa shape index (κ2) is 9.82. The number of hydrogen-bond acceptors (Lipinski definition) is 2. The third-order valence-electron chi connectivity index (χ3n) is 4.52. The molecule has 0 unspecified atom stereocenters. The molecule has 1 amide bonds. The molecule has 4 heteroatoms. The summed E-state index contributed by atoms with van der Waals surface area (Å²) in [7, 11) is 0. The van der Waals surface area contributed by atoms with E-state index in [2.05, 4.69) is 25.2 Å². The lowest BCUT2D eigenvalue weighted by molar-refractivity contribution is -0.128. The summed E-state index contributed by atoms with van der Waals surface area (Å²) in [6, 6.07) is 7.04. The first kappa shape index (κ1) is 19.0. The highest BCUT2D eigenvalue weighted by Crippen LogP contribution is 2.20. The molecule has 0 bridgehead atoms. The number of aromatic carboxylic acids is 1. The molecule has 1 N–H and O–H groups in total. The van der Waals surface area contributed by atoms with Crippen molar-refractivity contribution in [1.29, 1.82) is 0 Å². The fourth-order valence-electron chi connectivity index (χ4n) is 3.00. The average Bonchev–Trinajstić information content (AvgIpc) is 2.96. The molecule has 0 aliphatic carbocycles. The number of carbonyl (C=O) groups excluding carboxylic acids is 1. The molecule has 2 rings (SSSR count). The van der Waals surface area contributed by atoms with Crippen molar-refractivity contribution < 1.29 is 14.7 Å². The number of carboxylic acid groups (broad SMARTS) is 1. The number of allylic oxidation sites excluding steroid dienone is 3. The highest BCUT2D eigenvalue weighted by Gasteiger charge is 2.28. The summed E-state index contributed by atoms with van der Waals surface area (Å²) in [5, 5.41) is 8.93. The molecule has 0 spiro atoms. The van der Waals surface area contributed by atoms with Gasteiger partial charge in [-0.15, -0.1) is 0 Å². The van der Waals surface area contributed by atoms with Crippen LogP contribution in [0.25, 0.3) is 0 Å². The maximum absolute atomic E-state index is 12.1. The third kappa shape index (κ3) is 5.89. The Labute approximate surface area is 149 Å². The van der Waals surface area contributed by atoms with E-state index in [1.165, 1.54) is 12.8 Å². The van der Waals surface area contributed by atoms with Crippen molar-refractivity contribution in [1.82, 2.24) is 4.90 Å². The minimum atomic E-state index is -0.918. The van der Waals surface area contributed by atoms with E-state index in [-0.39, 0.29) is 17.5 Å². The van der Waals surface area contributed by atoms with Gasteiger partial charge in [-0.3, -0.25) is 4.79 Å². The number of hydrogen-bond donors (Lipinski definition) is 1. The standard InChI is InChI=1S/C21H27NO3/c1-2-3-4-5-6-7-8-19-13-14-20(23)22(19)16-15-17-9-11-18(12-10-17)21(24)25/h5-12,19H,2-4,13-16H2,1H3,(H,24,25)/b6-5+,8-7-/t19-/m0/s1. The van der Waals surface area contributed by atoms with Gasteiger partial charge in [0.25, 0.3) is 0 Å². The van der Waals surface area contributed by atoms with Crippen LogP contribution in [0.3, 0.4) is 0 Å². The van der Waals surface area contributed by atoms with Crippen LogP contribution < -0.4 is 0 Å². The molecule has 1 aromatic rings. The topological polar surface area (TPSA) is 57.6 Å². The van der Waals surface area contributed by atoms with E-state index < -0.39 is 5.97 Å². The summed E-state index contributed by atoms with van der Waals surface area (Å²) >= 11 is 0. The first-order valence-electron chi connectivity index (χ1n) is 9.07. The van der Waals surface area contributed by atoms with Crippen molar-refractivity contribution >= 4 is 11.9 Å². The maximum atomic E-state index is 12.1. The van der Waals surface area contributed by atoms with Crippen LogP contribution in [0, 0.1) is 0 Å². The van der Waals surface area contributed by atoms with Crippen LogP contribution in [0.15, 0.2) is 48.6 Å². The van der Waals surface area contributed by atoms with Crippen LogP contribution in [0.2, 0.25) is 0 Å². The lowest BCUT2D eigenvalue weighted by Crippen LogP contribution is -2.33. The second-order valence-corrected chi connectivity index (χ2v) is 6.40. The molecule has 0 aromatic heterocycles. The first-order chi connectivity index (χ1) is 12.1. The molecule has 0 radical (unpaired) electrons. The van der Waals surface area contributed by atoms with Gasteiger partial charge in [0.1, 0.15) is 0 Å². The number of carboxylic acids is 1. The number of unbranched alkanes of at least 4 members (excludes halogenated alkanes) is 2. The zero-order valence-corrected chi connectivity index (χ0v) is 14.9. The summed E-state index contributed by atoms with van der Waals surface area (Å²) < 4.78 is 0. The molecule has 1 aliphatic rings. The van der Waals surface area contributed by atoms with E-state index in [1.807, 2.05) is 23.1 Å². The summed E-state index contributed by atoms with van der Waals surface area (Å²) in [5.74, 6) is -0.717. The van der Waals surface area contributed by atoms with Gasteiger partial charge < -0.3 is 10.0 Å². The minimum absolute atomic E-state index is 0.168. The maximum Gasteiger partial charge on any atom is 0.335 e. The Bertz CT molecular complexity index is 631. The number of benzene rings is 1.